The van der Waals surface area contributed by atoms with Crippen LogP contribution in [-0.4, -0.2) is 43.1 Å². The second-order valence-corrected chi connectivity index (χ2v) is 4.02. The molecule has 2 amide bonds. The molecule has 0 unspecified atom stereocenters. The van der Waals surface area contributed by atoms with E-state index in [1.54, 1.807) is 4.90 Å². The van der Waals surface area contributed by atoms with Crippen molar-refractivity contribution in [2.75, 3.05) is 26.2 Å². The molecule has 1 heterocycles. The van der Waals surface area contributed by atoms with Gasteiger partial charge in [0.05, 0.1) is 6.54 Å². The van der Waals surface area contributed by atoms with Gasteiger partial charge in [-0.25, -0.2) is 4.79 Å². The number of nitrogens with zero attached hydrogens (tertiary/aromatic N) is 1. The molecule has 2 rings (SSSR count). The van der Waals surface area contributed by atoms with Gasteiger partial charge in [-0.15, -0.1) is 0 Å². The number of hydrogen-bond acceptors (Lipinski definition) is 3. The monoisotopic (exact) mass is 212 g/mol. The summed E-state index contributed by atoms with van der Waals surface area (Å²) >= 11 is 0. The molecule has 0 aromatic carbocycles. The quantitative estimate of drug-likeness (QED) is 0.731. The molecule has 0 atom stereocenters. The lowest BCUT2D eigenvalue weighted by Crippen LogP contribution is -2.39. The van der Waals surface area contributed by atoms with Crippen molar-refractivity contribution in [1.82, 2.24) is 10.2 Å². The first-order chi connectivity index (χ1) is 7.27. The van der Waals surface area contributed by atoms with Crippen LogP contribution in [-0.2, 0) is 9.53 Å². The predicted molar refractivity (Wildman–Crippen MR) is 53.3 cm³/mol. The number of rotatable bonds is 4. The summed E-state index contributed by atoms with van der Waals surface area (Å²) in [5.41, 5.74) is 0. The summed E-state index contributed by atoms with van der Waals surface area (Å²) in [4.78, 5) is 24.1. The van der Waals surface area contributed by atoms with Crippen LogP contribution in [0.5, 0.6) is 0 Å². The highest BCUT2D eigenvalue weighted by Gasteiger charge is 2.25. The minimum atomic E-state index is -0.270. The van der Waals surface area contributed by atoms with Crippen LogP contribution in [0, 0.1) is 5.92 Å². The molecule has 0 bridgehead atoms. The van der Waals surface area contributed by atoms with Crippen LogP contribution < -0.4 is 5.32 Å². The van der Waals surface area contributed by atoms with Gasteiger partial charge in [-0.05, 0) is 12.8 Å². The van der Waals surface area contributed by atoms with Gasteiger partial charge < -0.3 is 15.0 Å². The smallest absolute Gasteiger partial charge is 0.409 e. The molecule has 1 saturated carbocycles. The Labute approximate surface area is 88.8 Å². The Kier molecular flexibility index (Phi) is 3.08. The van der Waals surface area contributed by atoms with Crippen molar-refractivity contribution < 1.29 is 14.3 Å². The lowest BCUT2D eigenvalue weighted by molar-refractivity contribution is -0.127. The summed E-state index contributed by atoms with van der Waals surface area (Å²) in [6.45, 7) is 2.19. The second kappa shape index (κ2) is 4.51. The Bertz CT molecular complexity index is 263. The van der Waals surface area contributed by atoms with Crippen molar-refractivity contribution in [3.63, 3.8) is 0 Å². The number of carbonyl (C=O) groups excluding carboxylic acids is 2. The van der Waals surface area contributed by atoms with Crippen molar-refractivity contribution in [3.8, 4) is 0 Å². The normalized spacial score (nSPS) is 21.1. The maximum atomic E-state index is 11.4. The maximum Gasteiger partial charge on any atom is 0.409 e. The van der Waals surface area contributed by atoms with Gasteiger partial charge in [0, 0.05) is 19.0 Å². The molecule has 0 aromatic heterocycles. The number of hydrogen-bond donors (Lipinski definition) is 1. The lowest BCUT2D eigenvalue weighted by Gasteiger charge is -2.24. The molecule has 1 N–H and O–H groups in total. The van der Waals surface area contributed by atoms with E-state index in [0.29, 0.717) is 26.2 Å². The van der Waals surface area contributed by atoms with Gasteiger partial charge in [-0.1, -0.05) is 6.42 Å². The van der Waals surface area contributed by atoms with E-state index in [-0.39, 0.29) is 17.9 Å². The van der Waals surface area contributed by atoms with E-state index in [9.17, 15) is 9.59 Å². The summed E-state index contributed by atoms with van der Waals surface area (Å²) in [6, 6.07) is 0. The topological polar surface area (TPSA) is 58.6 Å². The van der Waals surface area contributed by atoms with E-state index in [2.05, 4.69) is 5.32 Å². The molecule has 0 spiro atoms. The number of carbonyl (C=O) groups is 2. The molecule has 0 aromatic rings. The van der Waals surface area contributed by atoms with Crippen LogP contribution in [0.1, 0.15) is 19.3 Å². The van der Waals surface area contributed by atoms with Gasteiger partial charge in [0.15, 0.2) is 0 Å². The van der Waals surface area contributed by atoms with E-state index in [4.69, 9.17) is 4.74 Å². The fraction of sp³-hybridized carbons (Fsp3) is 0.800. The van der Waals surface area contributed by atoms with Crippen molar-refractivity contribution >= 4 is 12.0 Å². The molecule has 0 radical (unpaired) electrons. The number of nitrogens with one attached hydrogen (secondary N) is 1. The Hall–Kier alpha value is -1.26. The third-order valence-electron chi connectivity index (χ3n) is 3.00. The van der Waals surface area contributed by atoms with Gasteiger partial charge in [0.2, 0.25) is 5.91 Å². The summed E-state index contributed by atoms with van der Waals surface area (Å²) in [6.07, 6.45) is 2.92. The molecule has 1 saturated heterocycles. The van der Waals surface area contributed by atoms with Crippen molar-refractivity contribution in [2.45, 2.75) is 19.3 Å². The average molecular weight is 212 g/mol. The van der Waals surface area contributed by atoms with E-state index < -0.39 is 0 Å². The van der Waals surface area contributed by atoms with Crippen molar-refractivity contribution in [3.05, 3.63) is 0 Å². The van der Waals surface area contributed by atoms with Gasteiger partial charge in [0.25, 0.3) is 0 Å². The van der Waals surface area contributed by atoms with Crippen LogP contribution in [0.2, 0.25) is 0 Å². The van der Waals surface area contributed by atoms with Crippen LogP contribution >= 0.6 is 0 Å². The fourth-order valence-corrected chi connectivity index (χ4v) is 1.76. The minimum Gasteiger partial charge on any atom is -0.448 e. The van der Waals surface area contributed by atoms with Crippen LogP contribution in [0.4, 0.5) is 4.79 Å². The van der Waals surface area contributed by atoms with E-state index in [1.165, 1.54) is 0 Å². The lowest BCUT2D eigenvalue weighted by atomic mass is 9.85. The SMILES string of the molecule is O=C(NCCN1CCOC1=O)C1CCC1. The highest BCUT2D eigenvalue weighted by molar-refractivity contribution is 5.79. The number of ether oxygens (including phenoxy) is 1. The molecule has 1 aliphatic heterocycles. The minimum absolute atomic E-state index is 0.133. The molecule has 84 valence electrons. The van der Waals surface area contributed by atoms with Gasteiger partial charge in [-0.3, -0.25) is 4.79 Å². The van der Waals surface area contributed by atoms with Crippen molar-refractivity contribution in [2.24, 2.45) is 5.92 Å². The zero-order valence-corrected chi connectivity index (χ0v) is 8.70. The van der Waals surface area contributed by atoms with Crippen LogP contribution in [0.15, 0.2) is 0 Å². The Balaban J connectivity index is 1.61. The molecule has 5 nitrogen and oxygen atoms in total. The fourth-order valence-electron chi connectivity index (χ4n) is 1.76. The van der Waals surface area contributed by atoms with Crippen molar-refractivity contribution in [1.29, 1.82) is 0 Å². The molecular formula is C10H16N2O3. The van der Waals surface area contributed by atoms with Gasteiger partial charge in [0.1, 0.15) is 6.61 Å². The average Bonchev–Trinajstić information content (AvgIpc) is 2.49. The zero-order chi connectivity index (χ0) is 10.7. The first-order valence-electron chi connectivity index (χ1n) is 5.47. The first kappa shape index (κ1) is 10.3. The third kappa shape index (κ3) is 2.40. The highest BCUT2D eigenvalue weighted by atomic mass is 16.6. The largest absolute Gasteiger partial charge is 0.448 e. The summed E-state index contributed by atoms with van der Waals surface area (Å²) in [5.74, 6) is 0.351. The number of amides is 2. The molecule has 15 heavy (non-hydrogen) atoms. The summed E-state index contributed by atoms with van der Waals surface area (Å²) < 4.78 is 4.78. The van der Waals surface area contributed by atoms with E-state index in [1.807, 2.05) is 0 Å². The molecule has 1 aliphatic carbocycles. The maximum absolute atomic E-state index is 11.4. The number of cyclic esters (lactones) is 1. The predicted octanol–water partition coefficient (Wildman–Crippen LogP) is 0.355. The van der Waals surface area contributed by atoms with E-state index in [0.717, 1.165) is 19.3 Å². The molecule has 5 heteroatoms. The Morgan fingerprint density at radius 1 is 1.53 bits per heavy atom. The Morgan fingerprint density at radius 2 is 2.33 bits per heavy atom. The van der Waals surface area contributed by atoms with Gasteiger partial charge in [-0.2, -0.15) is 0 Å². The molecular weight excluding hydrogens is 196 g/mol. The zero-order valence-electron chi connectivity index (χ0n) is 8.70. The highest BCUT2D eigenvalue weighted by Crippen LogP contribution is 2.25. The summed E-state index contributed by atoms with van der Waals surface area (Å²) in [5, 5.41) is 2.84. The van der Waals surface area contributed by atoms with Gasteiger partial charge >= 0.3 is 6.09 Å². The van der Waals surface area contributed by atoms with E-state index >= 15 is 0 Å². The third-order valence-corrected chi connectivity index (χ3v) is 3.00. The van der Waals surface area contributed by atoms with Crippen LogP contribution in [0.3, 0.4) is 0 Å². The molecule has 2 fully saturated rings. The second-order valence-electron chi connectivity index (χ2n) is 4.02. The first-order valence-corrected chi connectivity index (χ1v) is 5.47. The standard InChI is InChI=1S/C10H16N2O3/c13-9(8-2-1-3-8)11-4-5-12-6-7-15-10(12)14/h8H,1-7H2,(H,11,13). The molecule has 2 aliphatic rings. The Morgan fingerprint density at radius 3 is 2.87 bits per heavy atom. The van der Waals surface area contributed by atoms with Crippen LogP contribution in [0.25, 0.3) is 0 Å². The summed E-state index contributed by atoms with van der Waals surface area (Å²) in [7, 11) is 0.